The minimum atomic E-state index is -0.497. The van der Waals surface area contributed by atoms with E-state index in [0.29, 0.717) is 17.1 Å². The Kier molecular flexibility index (Phi) is 5.22. The summed E-state index contributed by atoms with van der Waals surface area (Å²) in [7, 11) is 1.57. The third-order valence-electron chi connectivity index (χ3n) is 3.09. The standard InChI is InChI=1S/C16H16ClFN2O2/c1-10-3-5-12(22-2)8-15(10)20-16(21)9-19-11-4-6-14(18)13(17)7-11/h3-8,19H,9H2,1-2H3,(H,20,21). The molecule has 116 valence electrons. The molecular formula is C16H16ClFN2O2. The molecule has 4 nitrogen and oxygen atoms in total. The van der Waals surface area contributed by atoms with E-state index in [0.717, 1.165) is 5.56 Å². The van der Waals surface area contributed by atoms with Gasteiger partial charge in [0.15, 0.2) is 0 Å². The molecule has 0 saturated heterocycles. The molecule has 2 aromatic rings. The van der Waals surface area contributed by atoms with Gasteiger partial charge in [-0.25, -0.2) is 4.39 Å². The molecule has 0 spiro atoms. The lowest BCUT2D eigenvalue weighted by molar-refractivity contribution is -0.114. The Morgan fingerprint density at radius 2 is 2.05 bits per heavy atom. The van der Waals surface area contributed by atoms with Crippen molar-refractivity contribution in [1.29, 1.82) is 0 Å². The van der Waals surface area contributed by atoms with Crippen LogP contribution in [-0.4, -0.2) is 19.6 Å². The SMILES string of the molecule is COc1ccc(C)c(NC(=O)CNc2ccc(F)c(Cl)c2)c1. The third-order valence-corrected chi connectivity index (χ3v) is 3.38. The largest absolute Gasteiger partial charge is 0.497 e. The van der Waals surface area contributed by atoms with Gasteiger partial charge in [0.25, 0.3) is 0 Å². The van der Waals surface area contributed by atoms with Gasteiger partial charge in [0.2, 0.25) is 5.91 Å². The highest BCUT2D eigenvalue weighted by Gasteiger charge is 2.07. The average Bonchev–Trinajstić information content (AvgIpc) is 2.50. The number of ether oxygens (including phenoxy) is 1. The molecule has 2 N–H and O–H groups in total. The first-order valence-electron chi connectivity index (χ1n) is 6.63. The zero-order valence-electron chi connectivity index (χ0n) is 12.2. The number of halogens is 2. The zero-order chi connectivity index (χ0) is 16.1. The molecule has 0 radical (unpaired) electrons. The Balaban J connectivity index is 1.97. The summed E-state index contributed by atoms with van der Waals surface area (Å²) in [5.74, 6) is -0.0559. The smallest absolute Gasteiger partial charge is 0.243 e. The molecule has 0 unspecified atom stereocenters. The van der Waals surface area contributed by atoms with E-state index in [2.05, 4.69) is 10.6 Å². The van der Waals surface area contributed by atoms with Gasteiger partial charge in [-0.05, 0) is 36.8 Å². The molecule has 0 heterocycles. The highest BCUT2D eigenvalue weighted by atomic mass is 35.5. The van der Waals surface area contributed by atoms with Crippen LogP contribution in [0.5, 0.6) is 5.75 Å². The quantitative estimate of drug-likeness (QED) is 0.879. The number of hydrogen-bond donors (Lipinski definition) is 2. The predicted molar refractivity (Wildman–Crippen MR) is 86.3 cm³/mol. The van der Waals surface area contributed by atoms with Crippen molar-refractivity contribution in [3.63, 3.8) is 0 Å². The lowest BCUT2D eigenvalue weighted by Gasteiger charge is -2.11. The van der Waals surface area contributed by atoms with E-state index in [1.807, 2.05) is 19.1 Å². The molecule has 0 aliphatic carbocycles. The number of carbonyl (C=O) groups excluding carboxylic acids is 1. The van der Waals surface area contributed by atoms with Crippen LogP contribution in [0.1, 0.15) is 5.56 Å². The van der Waals surface area contributed by atoms with Crippen LogP contribution in [0, 0.1) is 12.7 Å². The van der Waals surface area contributed by atoms with Gasteiger partial charge in [0.05, 0.1) is 18.7 Å². The van der Waals surface area contributed by atoms with Gasteiger partial charge in [-0.2, -0.15) is 0 Å². The van der Waals surface area contributed by atoms with Crippen molar-refractivity contribution in [1.82, 2.24) is 0 Å². The first-order chi connectivity index (χ1) is 10.5. The number of amides is 1. The van der Waals surface area contributed by atoms with E-state index in [9.17, 15) is 9.18 Å². The summed E-state index contributed by atoms with van der Waals surface area (Å²) in [6.07, 6.45) is 0. The predicted octanol–water partition coefficient (Wildman–Crippen LogP) is 3.85. The van der Waals surface area contributed by atoms with Crippen LogP contribution in [0.4, 0.5) is 15.8 Å². The maximum Gasteiger partial charge on any atom is 0.243 e. The van der Waals surface area contributed by atoms with E-state index < -0.39 is 5.82 Å². The van der Waals surface area contributed by atoms with Crippen LogP contribution >= 0.6 is 11.6 Å². The Labute approximate surface area is 133 Å². The summed E-state index contributed by atoms with van der Waals surface area (Å²) in [5.41, 5.74) is 2.19. The molecule has 0 bridgehead atoms. The van der Waals surface area contributed by atoms with Gasteiger partial charge >= 0.3 is 0 Å². The minimum Gasteiger partial charge on any atom is -0.497 e. The summed E-state index contributed by atoms with van der Waals surface area (Å²) in [6, 6.07) is 9.63. The number of rotatable bonds is 5. The van der Waals surface area contributed by atoms with Crippen LogP contribution in [0.25, 0.3) is 0 Å². The maximum atomic E-state index is 13.1. The zero-order valence-corrected chi connectivity index (χ0v) is 13.0. The Morgan fingerprint density at radius 1 is 1.27 bits per heavy atom. The first-order valence-corrected chi connectivity index (χ1v) is 7.01. The summed E-state index contributed by atoms with van der Waals surface area (Å²) in [5, 5.41) is 5.69. The second-order valence-corrected chi connectivity index (χ2v) is 5.12. The summed E-state index contributed by atoms with van der Waals surface area (Å²) >= 11 is 5.68. The molecule has 0 aliphatic rings. The van der Waals surface area contributed by atoms with Crippen molar-refractivity contribution in [2.24, 2.45) is 0 Å². The highest BCUT2D eigenvalue weighted by molar-refractivity contribution is 6.31. The minimum absolute atomic E-state index is 0.00838. The molecule has 6 heteroatoms. The molecule has 2 rings (SSSR count). The number of methoxy groups -OCH3 is 1. The topological polar surface area (TPSA) is 50.4 Å². The third kappa shape index (κ3) is 4.11. The van der Waals surface area contributed by atoms with Crippen LogP contribution < -0.4 is 15.4 Å². The van der Waals surface area contributed by atoms with Crippen molar-refractivity contribution in [3.8, 4) is 5.75 Å². The fraction of sp³-hybridized carbons (Fsp3) is 0.188. The Hall–Kier alpha value is -2.27. The first kappa shape index (κ1) is 16.1. The van der Waals surface area contributed by atoms with Gasteiger partial charge in [-0.3, -0.25) is 4.79 Å². The molecule has 0 atom stereocenters. The maximum absolute atomic E-state index is 13.1. The number of carbonyl (C=O) groups is 1. The van der Waals surface area contributed by atoms with Crippen molar-refractivity contribution in [2.45, 2.75) is 6.92 Å². The van der Waals surface area contributed by atoms with Gasteiger partial charge in [0, 0.05) is 17.4 Å². The van der Waals surface area contributed by atoms with Crippen molar-refractivity contribution in [2.75, 3.05) is 24.3 Å². The van der Waals surface area contributed by atoms with E-state index in [1.54, 1.807) is 13.2 Å². The highest BCUT2D eigenvalue weighted by Crippen LogP contribution is 2.22. The normalized spacial score (nSPS) is 10.2. The fourth-order valence-electron chi connectivity index (χ4n) is 1.85. The van der Waals surface area contributed by atoms with Crippen LogP contribution in [0.2, 0.25) is 5.02 Å². The number of nitrogens with one attached hydrogen (secondary N) is 2. The van der Waals surface area contributed by atoms with E-state index in [4.69, 9.17) is 16.3 Å². The molecular weight excluding hydrogens is 307 g/mol. The van der Waals surface area contributed by atoms with E-state index >= 15 is 0 Å². The number of hydrogen-bond acceptors (Lipinski definition) is 3. The van der Waals surface area contributed by atoms with Gasteiger partial charge < -0.3 is 15.4 Å². The Bertz CT molecular complexity index is 692. The monoisotopic (exact) mass is 322 g/mol. The lowest BCUT2D eigenvalue weighted by atomic mass is 10.2. The summed E-state index contributed by atoms with van der Waals surface area (Å²) < 4.78 is 18.2. The van der Waals surface area contributed by atoms with E-state index in [1.165, 1.54) is 18.2 Å². The van der Waals surface area contributed by atoms with Gasteiger partial charge in [-0.1, -0.05) is 17.7 Å². The molecule has 22 heavy (non-hydrogen) atoms. The number of aryl methyl sites for hydroxylation is 1. The van der Waals surface area contributed by atoms with Crippen LogP contribution in [0.3, 0.4) is 0 Å². The van der Waals surface area contributed by atoms with Crippen LogP contribution in [-0.2, 0) is 4.79 Å². The molecule has 0 fully saturated rings. The van der Waals surface area contributed by atoms with Gasteiger partial charge in [-0.15, -0.1) is 0 Å². The van der Waals surface area contributed by atoms with Crippen LogP contribution in [0.15, 0.2) is 36.4 Å². The van der Waals surface area contributed by atoms with E-state index in [-0.39, 0.29) is 17.5 Å². The Morgan fingerprint density at radius 3 is 2.73 bits per heavy atom. The molecule has 2 aromatic carbocycles. The summed E-state index contributed by atoms with van der Waals surface area (Å²) in [4.78, 5) is 12.0. The molecule has 1 amide bonds. The average molecular weight is 323 g/mol. The van der Waals surface area contributed by atoms with Crippen molar-refractivity contribution in [3.05, 3.63) is 52.8 Å². The number of anilines is 2. The molecule has 0 aliphatic heterocycles. The fourth-order valence-corrected chi connectivity index (χ4v) is 2.03. The van der Waals surface area contributed by atoms with Crippen molar-refractivity contribution >= 4 is 28.9 Å². The summed E-state index contributed by atoms with van der Waals surface area (Å²) in [6.45, 7) is 1.93. The second-order valence-electron chi connectivity index (χ2n) is 4.71. The van der Waals surface area contributed by atoms with Gasteiger partial charge in [0.1, 0.15) is 11.6 Å². The van der Waals surface area contributed by atoms with Crippen molar-refractivity contribution < 1.29 is 13.9 Å². The lowest BCUT2D eigenvalue weighted by Crippen LogP contribution is -2.22. The molecule has 0 aromatic heterocycles. The second kappa shape index (κ2) is 7.13. The molecule has 0 saturated carbocycles. The number of benzene rings is 2.